The van der Waals surface area contributed by atoms with E-state index in [9.17, 15) is 9.59 Å². The van der Waals surface area contributed by atoms with Crippen LogP contribution in [0.25, 0.3) is 0 Å². The molecule has 0 saturated carbocycles. The van der Waals surface area contributed by atoms with Gasteiger partial charge in [-0.05, 0) is 55.3 Å². The van der Waals surface area contributed by atoms with E-state index >= 15 is 0 Å². The van der Waals surface area contributed by atoms with Crippen LogP contribution in [0.2, 0.25) is 0 Å². The van der Waals surface area contributed by atoms with Gasteiger partial charge in [0.2, 0.25) is 5.91 Å². The fraction of sp³-hybridized carbons (Fsp3) is 0.273. The molecule has 0 aliphatic heterocycles. The van der Waals surface area contributed by atoms with Crippen molar-refractivity contribution in [2.75, 3.05) is 11.1 Å². The van der Waals surface area contributed by atoms with E-state index in [4.69, 9.17) is 4.74 Å². The number of thioether (sulfide) groups is 1. The summed E-state index contributed by atoms with van der Waals surface area (Å²) in [5, 5.41) is 11.7. The summed E-state index contributed by atoms with van der Waals surface area (Å²) in [6.07, 6.45) is 0.988. The Morgan fingerprint density at radius 3 is 2.40 bits per heavy atom. The molecule has 1 N–H and O–H groups in total. The van der Waals surface area contributed by atoms with Gasteiger partial charge >= 0.3 is 0 Å². The summed E-state index contributed by atoms with van der Waals surface area (Å²) in [6, 6.07) is 14.8. The minimum absolute atomic E-state index is 0.0107. The lowest BCUT2D eigenvalue weighted by Crippen LogP contribution is -2.14. The predicted octanol–water partition coefficient (Wildman–Crippen LogP) is 3.89. The van der Waals surface area contributed by atoms with E-state index in [2.05, 4.69) is 22.4 Å². The zero-order chi connectivity index (χ0) is 21.5. The molecule has 0 spiro atoms. The molecule has 0 radical (unpaired) electrons. The lowest BCUT2D eigenvalue weighted by atomic mass is 10.1. The second kappa shape index (κ2) is 10.1. The predicted molar refractivity (Wildman–Crippen MR) is 117 cm³/mol. The molecule has 30 heavy (non-hydrogen) atoms. The van der Waals surface area contributed by atoms with Crippen LogP contribution in [0.3, 0.4) is 0 Å². The van der Waals surface area contributed by atoms with Gasteiger partial charge in [-0.3, -0.25) is 9.59 Å². The molecule has 1 heterocycles. The second-order valence-electron chi connectivity index (χ2n) is 6.71. The van der Waals surface area contributed by atoms with Gasteiger partial charge in [0.15, 0.2) is 16.8 Å². The van der Waals surface area contributed by atoms with Gasteiger partial charge in [-0.1, -0.05) is 30.8 Å². The molecule has 3 rings (SSSR count). The Kier molecular flexibility index (Phi) is 7.24. The fourth-order valence-corrected chi connectivity index (χ4v) is 3.41. The number of nitrogens with zero attached hydrogens (tertiary/aromatic N) is 3. The van der Waals surface area contributed by atoms with Crippen LogP contribution in [0, 0.1) is 0 Å². The second-order valence-corrected chi connectivity index (χ2v) is 7.66. The van der Waals surface area contributed by atoms with Gasteiger partial charge < -0.3 is 14.6 Å². The van der Waals surface area contributed by atoms with Gasteiger partial charge in [-0.25, -0.2) is 0 Å². The number of Topliss-reactive ketones (excluding diaryl/α,β-unsaturated/α-hetero) is 1. The van der Waals surface area contributed by atoms with Crippen molar-refractivity contribution in [2.45, 2.75) is 32.0 Å². The van der Waals surface area contributed by atoms with Crippen LogP contribution in [0.15, 0.2) is 53.7 Å². The normalized spacial score (nSPS) is 10.6. The van der Waals surface area contributed by atoms with Gasteiger partial charge in [0.25, 0.3) is 0 Å². The number of hydrogen-bond donors (Lipinski definition) is 1. The van der Waals surface area contributed by atoms with Crippen LogP contribution in [0.1, 0.15) is 35.6 Å². The number of ketones is 1. The van der Waals surface area contributed by atoms with E-state index in [1.54, 1.807) is 24.3 Å². The molecule has 0 saturated heterocycles. The van der Waals surface area contributed by atoms with Gasteiger partial charge in [-0.2, -0.15) is 0 Å². The third kappa shape index (κ3) is 5.70. The Hall–Kier alpha value is -3.13. The van der Waals surface area contributed by atoms with Gasteiger partial charge in [0.1, 0.15) is 12.4 Å². The van der Waals surface area contributed by atoms with E-state index < -0.39 is 0 Å². The zero-order valence-electron chi connectivity index (χ0n) is 17.2. The first-order chi connectivity index (χ1) is 14.5. The van der Waals surface area contributed by atoms with Crippen LogP contribution >= 0.6 is 11.8 Å². The Morgan fingerprint density at radius 1 is 1.07 bits per heavy atom. The largest absolute Gasteiger partial charge is 0.486 e. The van der Waals surface area contributed by atoms with Crippen LogP contribution in [-0.4, -0.2) is 32.2 Å². The molecule has 0 fully saturated rings. The van der Waals surface area contributed by atoms with Crippen LogP contribution in [-0.2, 0) is 24.9 Å². The van der Waals surface area contributed by atoms with Crippen molar-refractivity contribution in [3.8, 4) is 5.75 Å². The van der Waals surface area contributed by atoms with Crippen LogP contribution in [0.4, 0.5) is 5.69 Å². The highest BCUT2D eigenvalue weighted by molar-refractivity contribution is 7.99. The highest BCUT2D eigenvalue weighted by atomic mass is 32.2. The number of carbonyl (C=O) groups is 2. The number of aromatic nitrogens is 3. The smallest absolute Gasteiger partial charge is 0.234 e. The molecule has 1 amide bonds. The highest BCUT2D eigenvalue weighted by Gasteiger charge is 2.12. The molecular weight excluding hydrogens is 400 g/mol. The maximum Gasteiger partial charge on any atom is 0.234 e. The molecule has 1 aromatic heterocycles. The fourth-order valence-electron chi connectivity index (χ4n) is 2.68. The third-order valence-electron chi connectivity index (χ3n) is 4.53. The Labute approximate surface area is 179 Å². The topological polar surface area (TPSA) is 86.1 Å². The molecular formula is C22H24N4O3S. The number of hydrogen-bond acceptors (Lipinski definition) is 6. The number of ether oxygens (including phenoxy) is 1. The van der Waals surface area contributed by atoms with Gasteiger partial charge in [0, 0.05) is 18.3 Å². The zero-order valence-corrected chi connectivity index (χ0v) is 18.0. The summed E-state index contributed by atoms with van der Waals surface area (Å²) < 4.78 is 7.60. The summed E-state index contributed by atoms with van der Waals surface area (Å²) in [5.74, 6) is 1.48. The molecule has 0 bridgehead atoms. The molecule has 8 heteroatoms. The lowest BCUT2D eigenvalue weighted by Gasteiger charge is -2.08. The molecule has 0 aliphatic carbocycles. The van der Waals surface area contributed by atoms with Crippen LogP contribution < -0.4 is 10.1 Å². The summed E-state index contributed by atoms with van der Waals surface area (Å²) in [6.45, 7) is 3.91. The Balaban J connectivity index is 1.50. The monoisotopic (exact) mass is 424 g/mol. The van der Waals surface area contributed by atoms with Crippen LogP contribution in [0.5, 0.6) is 5.75 Å². The minimum atomic E-state index is -0.160. The number of rotatable bonds is 9. The average molecular weight is 425 g/mol. The quantitative estimate of drug-likeness (QED) is 0.414. The minimum Gasteiger partial charge on any atom is -0.486 e. The van der Waals surface area contributed by atoms with Crippen molar-refractivity contribution in [2.24, 2.45) is 7.05 Å². The van der Waals surface area contributed by atoms with Crippen molar-refractivity contribution < 1.29 is 14.3 Å². The number of nitrogens with one attached hydrogen (secondary N) is 1. The maximum atomic E-state index is 12.2. The number of aryl methyl sites for hydroxylation is 1. The van der Waals surface area contributed by atoms with E-state index in [-0.39, 0.29) is 17.4 Å². The molecule has 7 nitrogen and oxygen atoms in total. The molecule has 2 aromatic carbocycles. The molecule has 0 aliphatic rings. The van der Waals surface area contributed by atoms with E-state index in [0.717, 1.165) is 12.2 Å². The molecule has 3 aromatic rings. The summed E-state index contributed by atoms with van der Waals surface area (Å²) in [5.41, 5.74) is 2.51. The number of benzene rings is 2. The molecule has 0 unspecified atom stereocenters. The number of amides is 1. The van der Waals surface area contributed by atoms with Crippen molar-refractivity contribution in [1.82, 2.24) is 14.8 Å². The Morgan fingerprint density at radius 2 is 1.77 bits per heavy atom. The lowest BCUT2D eigenvalue weighted by molar-refractivity contribution is -0.113. The maximum absolute atomic E-state index is 12.2. The third-order valence-corrected chi connectivity index (χ3v) is 5.55. The van der Waals surface area contributed by atoms with E-state index in [1.165, 1.54) is 24.2 Å². The molecule has 0 atom stereocenters. The van der Waals surface area contributed by atoms with E-state index in [1.807, 2.05) is 35.9 Å². The summed E-state index contributed by atoms with van der Waals surface area (Å²) in [7, 11) is 1.85. The van der Waals surface area contributed by atoms with Crippen molar-refractivity contribution in [1.29, 1.82) is 0 Å². The van der Waals surface area contributed by atoms with Gasteiger partial charge in [0.05, 0.1) is 5.75 Å². The van der Waals surface area contributed by atoms with Gasteiger partial charge in [-0.15, -0.1) is 10.2 Å². The van der Waals surface area contributed by atoms with Crippen molar-refractivity contribution >= 4 is 29.1 Å². The highest BCUT2D eigenvalue weighted by Crippen LogP contribution is 2.19. The van der Waals surface area contributed by atoms with Crippen molar-refractivity contribution in [3.05, 3.63) is 65.5 Å². The first-order valence-corrected chi connectivity index (χ1v) is 10.6. The standard InChI is InChI=1S/C22H24N4O3S/c1-4-16-5-11-19(12-6-16)29-13-20-24-25-22(26(20)3)30-14-21(28)23-18-9-7-17(8-10-18)15(2)27/h5-12H,4,13-14H2,1-3H3,(H,23,28). The average Bonchev–Trinajstić information content (AvgIpc) is 3.11. The first kappa shape index (κ1) is 21.6. The summed E-state index contributed by atoms with van der Waals surface area (Å²) in [4.78, 5) is 23.5. The number of carbonyl (C=O) groups excluding carboxylic acids is 2. The molecule has 156 valence electrons. The number of anilines is 1. The Bertz CT molecular complexity index is 1010. The van der Waals surface area contributed by atoms with Crippen molar-refractivity contribution in [3.63, 3.8) is 0 Å². The first-order valence-electron chi connectivity index (χ1n) is 9.60. The summed E-state index contributed by atoms with van der Waals surface area (Å²) >= 11 is 1.30. The SMILES string of the molecule is CCc1ccc(OCc2nnc(SCC(=O)Nc3ccc(C(C)=O)cc3)n2C)cc1. The van der Waals surface area contributed by atoms with E-state index in [0.29, 0.717) is 28.8 Å².